The van der Waals surface area contributed by atoms with Gasteiger partial charge in [-0.25, -0.2) is 0 Å². The lowest BCUT2D eigenvalue weighted by Crippen LogP contribution is -2.48. The molecule has 2 rings (SSSR count). The SMILES string of the molecule is CCCNC1CC(C)CCC1C(C)(C)c1cccs1. The summed E-state index contributed by atoms with van der Waals surface area (Å²) >= 11 is 1.92. The lowest BCUT2D eigenvalue weighted by molar-refractivity contribution is 0.147. The smallest absolute Gasteiger partial charge is 0.0106 e. The van der Waals surface area contributed by atoms with Gasteiger partial charge in [-0.15, -0.1) is 11.3 Å². The molecule has 0 spiro atoms. The van der Waals surface area contributed by atoms with Crippen LogP contribution < -0.4 is 5.32 Å². The largest absolute Gasteiger partial charge is 0.314 e. The van der Waals surface area contributed by atoms with Crippen molar-refractivity contribution in [3.05, 3.63) is 22.4 Å². The second-order valence-corrected chi connectivity index (χ2v) is 7.73. The van der Waals surface area contributed by atoms with Crippen molar-refractivity contribution in [2.24, 2.45) is 11.8 Å². The van der Waals surface area contributed by atoms with Gasteiger partial charge in [-0.2, -0.15) is 0 Å². The van der Waals surface area contributed by atoms with Crippen LogP contribution in [0.15, 0.2) is 17.5 Å². The molecule has 1 N–H and O–H groups in total. The Hall–Kier alpha value is -0.340. The highest BCUT2D eigenvalue weighted by atomic mass is 32.1. The van der Waals surface area contributed by atoms with Gasteiger partial charge in [0.2, 0.25) is 0 Å². The molecular weight excluding hydrogens is 250 g/mol. The third kappa shape index (κ3) is 3.41. The molecule has 3 unspecified atom stereocenters. The van der Waals surface area contributed by atoms with Crippen molar-refractivity contribution in [2.75, 3.05) is 6.54 Å². The number of nitrogens with one attached hydrogen (secondary N) is 1. The third-order valence-corrected chi connectivity index (χ3v) is 6.06. The van der Waals surface area contributed by atoms with Crippen LogP contribution in [0, 0.1) is 11.8 Å². The Morgan fingerprint density at radius 1 is 1.37 bits per heavy atom. The molecule has 0 amide bonds. The van der Waals surface area contributed by atoms with Crippen LogP contribution in [0.25, 0.3) is 0 Å². The highest BCUT2D eigenvalue weighted by molar-refractivity contribution is 7.10. The highest BCUT2D eigenvalue weighted by Gasteiger charge is 2.40. The molecule has 1 heterocycles. The van der Waals surface area contributed by atoms with Crippen LogP contribution in [0.5, 0.6) is 0 Å². The number of hydrogen-bond donors (Lipinski definition) is 1. The quantitative estimate of drug-likeness (QED) is 0.814. The minimum Gasteiger partial charge on any atom is -0.314 e. The van der Waals surface area contributed by atoms with E-state index in [1.807, 2.05) is 11.3 Å². The van der Waals surface area contributed by atoms with Crippen molar-refractivity contribution >= 4 is 11.3 Å². The van der Waals surface area contributed by atoms with Gasteiger partial charge in [-0.1, -0.05) is 40.2 Å². The molecule has 108 valence electrons. The fraction of sp³-hybridized carbons (Fsp3) is 0.765. The topological polar surface area (TPSA) is 12.0 Å². The summed E-state index contributed by atoms with van der Waals surface area (Å²) in [5.74, 6) is 1.65. The first-order valence-corrected chi connectivity index (χ1v) is 8.71. The lowest BCUT2D eigenvalue weighted by atomic mass is 9.65. The van der Waals surface area contributed by atoms with Crippen LogP contribution in [0.4, 0.5) is 0 Å². The summed E-state index contributed by atoms with van der Waals surface area (Å²) in [6.07, 6.45) is 5.34. The monoisotopic (exact) mass is 279 g/mol. The molecule has 2 heteroatoms. The zero-order chi connectivity index (χ0) is 13.9. The van der Waals surface area contributed by atoms with Gasteiger partial charge in [0.25, 0.3) is 0 Å². The fourth-order valence-corrected chi connectivity index (χ4v) is 4.54. The van der Waals surface area contributed by atoms with E-state index in [4.69, 9.17) is 0 Å². The van der Waals surface area contributed by atoms with Gasteiger partial charge in [0, 0.05) is 16.3 Å². The van der Waals surface area contributed by atoms with Crippen molar-refractivity contribution in [3.8, 4) is 0 Å². The maximum absolute atomic E-state index is 3.82. The molecular formula is C17H29NS. The van der Waals surface area contributed by atoms with Crippen LogP contribution in [0.1, 0.15) is 58.3 Å². The average molecular weight is 279 g/mol. The van der Waals surface area contributed by atoms with E-state index in [2.05, 4.69) is 50.5 Å². The summed E-state index contributed by atoms with van der Waals surface area (Å²) in [5, 5.41) is 6.04. The second-order valence-electron chi connectivity index (χ2n) is 6.78. The first-order chi connectivity index (χ1) is 9.05. The zero-order valence-electron chi connectivity index (χ0n) is 12.9. The highest BCUT2D eigenvalue weighted by Crippen LogP contribution is 2.43. The van der Waals surface area contributed by atoms with E-state index in [0.29, 0.717) is 11.5 Å². The number of rotatable bonds is 5. The molecule has 3 atom stereocenters. The molecule has 1 saturated carbocycles. The molecule has 1 aliphatic carbocycles. The Morgan fingerprint density at radius 2 is 2.16 bits per heavy atom. The van der Waals surface area contributed by atoms with Crippen molar-refractivity contribution in [1.82, 2.24) is 5.32 Å². The standard InChI is InChI=1S/C17H29NS/c1-5-10-18-15-12-13(2)8-9-14(15)17(3,4)16-7-6-11-19-16/h6-7,11,13-15,18H,5,8-10,12H2,1-4H3. The molecule has 1 aromatic heterocycles. The molecule has 0 aromatic carbocycles. The van der Waals surface area contributed by atoms with E-state index in [1.54, 1.807) is 4.88 Å². The van der Waals surface area contributed by atoms with Gasteiger partial charge >= 0.3 is 0 Å². The summed E-state index contributed by atoms with van der Waals surface area (Å²) in [5.41, 5.74) is 0.305. The predicted octanol–water partition coefficient (Wildman–Crippen LogP) is 4.83. The van der Waals surface area contributed by atoms with Gasteiger partial charge in [-0.3, -0.25) is 0 Å². The normalized spacial score (nSPS) is 28.5. The molecule has 0 radical (unpaired) electrons. The Morgan fingerprint density at radius 3 is 2.79 bits per heavy atom. The van der Waals surface area contributed by atoms with Crippen LogP contribution in [-0.4, -0.2) is 12.6 Å². The molecule has 1 aliphatic rings. The summed E-state index contributed by atoms with van der Waals surface area (Å²) in [6.45, 7) is 10.7. The van der Waals surface area contributed by atoms with Gasteiger partial charge in [-0.05, 0) is 49.1 Å². The summed E-state index contributed by atoms with van der Waals surface area (Å²) in [6, 6.07) is 5.21. The predicted molar refractivity (Wildman–Crippen MR) is 85.9 cm³/mol. The van der Waals surface area contributed by atoms with Crippen molar-refractivity contribution < 1.29 is 0 Å². The maximum Gasteiger partial charge on any atom is 0.0106 e. The fourth-order valence-electron chi connectivity index (χ4n) is 3.63. The van der Waals surface area contributed by atoms with Crippen LogP contribution >= 0.6 is 11.3 Å². The van der Waals surface area contributed by atoms with Gasteiger partial charge in [0.1, 0.15) is 0 Å². The minimum absolute atomic E-state index is 0.305. The summed E-state index contributed by atoms with van der Waals surface area (Å²) in [4.78, 5) is 1.55. The molecule has 1 aromatic rings. The van der Waals surface area contributed by atoms with E-state index in [1.165, 1.54) is 25.7 Å². The lowest BCUT2D eigenvalue weighted by Gasteiger charge is -2.44. The van der Waals surface area contributed by atoms with Gasteiger partial charge < -0.3 is 5.32 Å². The van der Waals surface area contributed by atoms with Crippen LogP contribution in [0.3, 0.4) is 0 Å². The Kier molecular flexibility index (Phi) is 5.08. The van der Waals surface area contributed by atoms with Gasteiger partial charge in [0.15, 0.2) is 0 Å². The molecule has 0 aliphatic heterocycles. The van der Waals surface area contributed by atoms with E-state index in [9.17, 15) is 0 Å². The first-order valence-electron chi connectivity index (χ1n) is 7.83. The molecule has 0 saturated heterocycles. The van der Waals surface area contributed by atoms with E-state index in [-0.39, 0.29) is 0 Å². The average Bonchev–Trinajstić information content (AvgIpc) is 2.90. The van der Waals surface area contributed by atoms with Crippen LogP contribution in [0.2, 0.25) is 0 Å². The van der Waals surface area contributed by atoms with Gasteiger partial charge in [0.05, 0.1) is 0 Å². The maximum atomic E-state index is 3.82. The van der Waals surface area contributed by atoms with E-state index in [0.717, 1.165) is 18.4 Å². The number of thiophene rings is 1. The Balaban J connectivity index is 2.15. The summed E-state index contributed by atoms with van der Waals surface area (Å²) in [7, 11) is 0. The van der Waals surface area contributed by atoms with Crippen molar-refractivity contribution in [3.63, 3.8) is 0 Å². The Labute approximate surface area is 122 Å². The first kappa shape index (κ1) is 15.1. The molecule has 1 nitrogen and oxygen atoms in total. The molecule has 1 fully saturated rings. The molecule has 19 heavy (non-hydrogen) atoms. The Bertz CT molecular complexity index is 369. The van der Waals surface area contributed by atoms with Crippen molar-refractivity contribution in [2.45, 2.75) is 64.8 Å². The van der Waals surface area contributed by atoms with E-state index >= 15 is 0 Å². The third-order valence-electron chi connectivity index (χ3n) is 4.85. The van der Waals surface area contributed by atoms with Crippen LogP contribution in [-0.2, 0) is 5.41 Å². The molecule has 0 bridgehead atoms. The zero-order valence-corrected chi connectivity index (χ0v) is 13.7. The minimum atomic E-state index is 0.305. The second kappa shape index (κ2) is 6.41. The number of hydrogen-bond acceptors (Lipinski definition) is 2. The van der Waals surface area contributed by atoms with Crippen molar-refractivity contribution in [1.29, 1.82) is 0 Å². The summed E-state index contributed by atoms with van der Waals surface area (Å²) < 4.78 is 0. The van der Waals surface area contributed by atoms with E-state index < -0.39 is 0 Å².